The largest absolute Gasteiger partial charge is 0.354 e. The van der Waals surface area contributed by atoms with Gasteiger partial charge in [0.15, 0.2) is 0 Å². The molecule has 106 valence electrons. The van der Waals surface area contributed by atoms with Gasteiger partial charge in [0, 0.05) is 26.1 Å². The van der Waals surface area contributed by atoms with Crippen LogP contribution >= 0.6 is 0 Å². The van der Waals surface area contributed by atoms with Gasteiger partial charge in [-0.15, -0.1) is 12.3 Å². The summed E-state index contributed by atoms with van der Waals surface area (Å²) in [6.07, 6.45) is 10.7. The summed E-state index contributed by atoms with van der Waals surface area (Å²) < 4.78 is 0. The molecule has 0 bridgehead atoms. The van der Waals surface area contributed by atoms with Gasteiger partial charge >= 0.3 is 0 Å². The van der Waals surface area contributed by atoms with E-state index in [1.807, 2.05) is 0 Å². The first-order valence-electron chi connectivity index (χ1n) is 7.46. The third-order valence-corrected chi connectivity index (χ3v) is 4.12. The molecule has 19 heavy (non-hydrogen) atoms. The number of hydrogen-bond donors (Lipinski definition) is 2. The van der Waals surface area contributed by atoms with E-state index >= 15 is 0 Å². The molecule has 2 heterocycles. The molecule has 2 unspecified atom stereocenters. The lowest BCUT2D eigenvalue weighted by Crippen LogP contribution is -2.45. The summed E-state index contributed by atoms with van der Waals surface area (Å²) in [5.74, 6) is 3.46. The molecule has 0 aromatic carbocycles. The fourth-order valence-electron chi connectivity index (χ4n) is 3.02. The van der Waals surface area contributed by atoms with Crippen LogP contribution in [0.2, 0.25) is 0 Å². The smallest absolute Gasteiger partial charge is 0.237 e. The van der Waals surface area contributed by atoms with Gasteiger partial charge in [0.2, 0.25) is 5.91 Å². The molecule has 2 saturated heterocycles. The SMILES string of the molecule is C#CCCN1CCCC(CNC(=O)C2CCCN2)C1. The predicted octanol–water partition coefficient (Wildman–Crippen LogP) is 0.590. The van der Waals surface area contributed by atoms with Gasteiger partial charge < -0.3 is 15.5 Å². The molecule has 0 spiro atoms. The normalized spacial score (nSPS) is 27.9. The topological polar surface area (TPSA) is 44.4 Å². The Morgan fingerprint density at radius 3 is 3.05 bits per heavy atom. The van der Waals surface area contributed by atoms with Crippen molar-refractivity contribution in [3.63, 3.8) is 0 Å². The number of hydrogen-bond acceptors (Lipinski definition) is 3. The lowest BCUT2D eigenvalue weighted by Gasteiger charge is -2.32. The van der Waals surface area contributed by atoms with Crippen LogP contribution in [0.3, 0.4) is 0 Å². The highest BCUT2D eigenvalue weighted by Crippen LogP contribution is 2.16. The van der Waals surface area contributed by atoms with Crippen LogP contribution in [0.5, 0.6) is 0 Å². The number of amides is 1. The fourth-order valence-corrected chi connectivity index (χ4v) is 3.02. The molecule has 0 saturated carbocycles. The molecule has 4 heteroatoms. The number of likely N-dealkylation sites (tertiary alicyclic amines) is 1. The van der Waals surface area contributed by atoms with Gasteiger partial charge in [0.25, 0.3) is 0 Å². The first-order chi connectivity index (χ1) is 9.29. The summed E-state index contributed by atoms with van der Waals surface area (Å²) in [6.45, 7) is 4.99. The summed E-state index contributed by atoms with van der Waals surface area (Å²) in [7, 11) is 0. The summed E-state index contributed by atoms with van der Waals surface area (Å²) in [6, 6.07) is 0.0427. The fraction of sp³-hybridized carbons (Fsp3) is 0.800. The standard InChI is InChI=1S/C15H25N3O/c1-2-3-9-18-10-5-6-13(12-18)11-17-15(19)14-7-4-8-16-14/h1,13-14,16H,3-12H2,(H,17,19). The minimum Gasteiger partial charge on any atom is -0.354 e. The Morgan fingerprint density at radius 2 is 2.32 bits per heavy atom. The molecule has 2 N–H and O–H groups in total. The molecule has 2 fully saturated rings. The zero-order chi connectivity index (χ0) is 13.5. The molecular weight excluding hydrogens is 238 g/mol. The maximum atomic E-state index is 11.9. The maximum Gasteiger partial charge on any atom is 0.237 e. The third-order valence-electron chi connectivity index (χ3n) is 4.12. The van der Waals surface area contributed by atoms with E-state index in [2.05, 4.69) is 21.5 Å². The lowest BCUT2D eigenvalue weighted by atomic mass is 9.97. The van der Waals surface area contributed by atoms with Crippen molar-refractivity contribution in [3.05, 3.63) is 0 Å². The summed E-state index contributed by atoms with van der Waals surface area (Å²) >= 11 is 0. The van der Waals surface area contributed by atoms with Gasteiger partial charge in [-0.1, -0.05) is 0 Å². The number of terminal acetylenes is 1. The van der Waals surface area contributed by atoms with Crippen LogP contribution in [0.1, 0.15) is 32.1 Å². The predicted molar refractivity (Wildman–Crippen MR) is 76.6 cm³/mol. The van der Waals surface area contributed by atoms with Gasteiger partial charge in [0.05, 0.1) is 6.04 Å². The molecule has 0 aliphatic carbocycles. The minimum atomic E-state index is 0.0427. The quantitative estimate of drug-likeness (QED) is 0.714. The Bertz CT molecular complexity index is 331. The number of carbonyl (C=O) groups is 1. The Morgan fingerprint density at radius 1 is 1.42 bits per heavy atom. The number of piperidine rings is 1. The van der Waals surface area contributed by atoms with Crippen LogP contribution in [0.15, 0.2) is 0 Å². The average molecular weight is 263 g/mol. The van der Waals surface area contributed by atoms with Crippen LogP contribution < -0.4 is 10.6 Å². The van der Waals surface area contributed by atoms with Crippen molar-refractivity contribution in [2.24, 2.45) is 5.92 Å². The Hall–Kier alpha value is -1.05. The van der Waals surface area contributed by atoms with Crippen molar-refractivity contribution in [2.75, 3.05) is 32.7 Å². The van der Waals surface area contributed by atoms with Crippen LogP contribution in [0.25, 0.3) is 0 Å². The van der Waals surface area contributed by atoms with Crippen molar-refractivity contribution < 1.29 is 4.79 Å². The first-order valence-corrected chi connectivity index (χ1v) is 7.46. The molecular formula is C15H25N3O. The van der Waals surface area contributed by atoms with Crippen molar-refractivity contribution in [1.29, 1.82) is 0 Å². The minimum absolute atomic E-state index is 0.0427. The Kier molecular flexibility index (Phi) is 5.68. The van der Waals surface area contributed by atoms with Crippen molar-refractivity contribution >= 4 is 5.91 Å². The number of nitrogens with one attached hydrogen (secondary N) is 2. The summed E-state index contributed by atoms with van der Waals surface area (Å²) in [5, 5.41) is 6.34. The van der Waals surface area contributed by atoms with Gasteiger partial charge in [-0.05, 0) is 44.7 Å². The Labute approximate surface area is 116 Å². The monoisotopic (exact) mass is 263 g/mol. The van der Waals surface area contributed by atoms with Crippen LogP contribution in [-0.2, 0) is 4.79 Å². The molecule has 0 radical (unpaired) electrons. The second-order valence-electron chi connectivity index (χ2n) is 5.66. The van der Waals surface area contributed by atoms with Gasteiger partial charge in [0.1, 0.15) is 0 Å². The van der Waals surface area contributed by atoms with E-state index in [0.29, 0.717) is 5.92 Å². The molecule has 0 aromatic heterocycles. The van der Waals surface area contributed by atoms with Crippen molar-refractivity contribution in [3.8, 4) is 12.3 Å². The van der Waals surface area contributed by atoms with E-state index in [4.69, 9.17) is 6.42 Å². The second-order valence-corrected chi connectivity index (χ2v) is 5.66. The summed E-state index contributed by atoms with van der Waals surface area (Å²) in [4.78, 5) is 14.4. The number of rotatable bonds is 5. The highest BCUT2D eigenvalue weighted by atomic mass is 16.2. The van der Waals surface area contributed by atoms with E-state index < -0.39 is 0 Å². The third kappa shape index (κ3) is 4.52. The highest BCUT2D eigenvalue weighted by molar-refractivity contribution is 5.81. The van der Waals surface area contributed by atoms with Crippen LogP contribution in [0, 0.1) is 18.3 Å². The zero-order valence-electron chi connectivity index (χ0n) is 11.7. The molecule has 1 amide bonds. The van der Waals surface area contributed by atoms with Crippen LogP contribution in [-0.4, -0.2) is 49.6 Å². The number of carbonyl (C=O) groups excluding carboxylic acids is 1. The van der Waals surface area contributed by atoms with E-state index in [0.717, 1.165) is 52.0 Å². The molecule has 4 nitrogen and oxygen atoms in total. The van der Waals surface area contributed by atoms with E-state index in [-0.39, 0.29) is 11.9 Å². The zero-order valence-corrected chi connectivity index (χ0v) is 11.7. The van der Waals surface area contributed by atoms with Gasteiger partial charge in [-0.3, -0.25) is 4.79 Å². The molecule has 2 atom stereocenters. The molecule has 0 aromatic rings. The lowest BCUT2D eigenvalue weighted by molar-refractivity contribution is -0.123. The first kappa shape index (κ1) is 14.4. The second kappa shape index (κ2) is 7.52. The van der Waals surface area contributed by atoms with E-state index in [1.54, 1.807) is 0 Å². The van der Waals surface area contributed by atoms with Crippen LogP contribution in [0.4, 0.5) is 0 Å². The highest BCUT2D eigenvalue weighted by Gasteiger charge is 2.24. The van der Waals surface area contributed by atoms with Gasteiger partial charge in [-0.25, -0.2) is 0 Å². The van der Waals surface area contributed by atoms with E-state index in [9.17, 15) is 4.79 Å². The average Bonchev–Trinajstić information content (AvgIpc) is 2.97. The maximum absolute atomic E-state index is 11.9. The summed E-state index contributed by atoms with van der Waals surface area (Å²) in [5.41, 5.74) is 0. The Balaban J connectivity index is 1.67. The number of nitrogens with zero attached hydrogens (tertiary/aromatic N) is 1. The van der Waals surface area contributed by atoms with Crippen molar-refractivity contribution in [1.82, 2.24) is 15.5 Å². The van der Waals surface area contributed by atoms with Gasteiger partial charge in [-0.2, -0.15) is 0 Å². The molecule has 2 aliphatic rings. The molecule has 2 rings (SSSR count). The van der Waals surface area contributed by atoms with Crippen molar-refractivity contribution in [2.45, 2.75) is 38.1 Å². The molecule has 2 aliphatic heterocycles. The van der Waals surface area contributed by atoms with E-state index in [1.165, 1.54) is 12.8 Å².